The third-order valence-electron chi connectivity index (χ3n) is 1.93. The summed E-state index contributed by atoms with van der Waals surface area (Å²) >= 11 is 5.59. The number of hydrogen-bond donors (Lipinski definition) is 0. The minimum absolute atomic E-state index is 0.234. The highest BCUT2D eigenvalue weighted by Crippen LogP contribution is 2.20. The van der Waals surface area contributed by atoms with E-state index in [-0.39, 0.29) is 4.90 Å². The monoisotopic (exact) mass is 248 g/mol. The second-order valence-electron chi connectivity index (χ2n) is 3.21. The lowest BCUT2D eigenvalue weighted by Crippen LogP contribution is -2.23. The predicted octanol–water partition coefficient (Wildman–Crippen LogP) is 1.16. The molecule has 0 spiro atoms. The molecule has 0 saturated heterocycles. The van der Waals surface area contributed by atoms with Crippen LogP contribution < -0.4 is 4.90 Å². The van der Waals surface area contributed by atoms with Crippen molar-refractivity contribution >= 4 is 27.3 Å². The Morgan fingerprint density at radius 1 is 1.53 bits per heavy atom. The Labute approximate surface area is 94.8 Å². The van der Waals surface area contributed by atoms with Gasteiger partial charge < -0.3 is 4.90 Å². The summed E-state index contributed by atoms with van der Waals surface area (Å²) in [4.78, 5) is 6.01. The standard InChI is InChI=1S/C9H13ClN2O2S/c1-12(7-5-10)9-8(15(2,13)14)4-3-6-11-9/h3-4,6H,5,7H2,1-2H3. The molecule has 6 heteroatoms. The molecular weight excluding hydrogens is 236 g/mol. The molecule has 15 heavy (non-hydrogen) atoms. The summed E-state index contributed by atoms with van der Waals surface area (Å²) in [6.07, 6.45) is 2.73. The molecule has 1 rings (SSSR count). The zero-order chi connectivity index (χ0) is 11.5. The smallest absolute Gasteiger partial charge is 0.179 e. The van der Waals surface area contributed by atoms with Gasteiger partial charge in [0.2, 0.25) is 0 Å². The first-order valence-electron chi connectivity index (χ1n) is 4.39. The molecule has 0 N–H and O–H groups in total. The van der Waals surface area contributed by atoms with Crippen LogP contribution in [0.3, 0.4) is 0 Å². The lowest BCUT2D eigenvalue weighted by Gasteiger charge is -2.18. The fraction of sp³-hybridized carbons (Fsp3) is 0.444. The number of pyridine rings is 1. The van der Waals surface area contributed by atoms with Crippen LogP contribution in [0.25, 0.3) is 0 Å². The van der Waals surface area contributed by atoms with E-state index in [2.05, 4.69) is 4.98 Å². The van der Waals surface area contributed by atoms with Crippen LogP contribution >= 0.6 is 11.6 Å². The van der Waals surface area contributed by atoms with Crippen molar-refractivity contribution in [3.05, 3.63) is 18.3 Å². The van der Waals surface area contributed by atoms with Crippen LogP contribution in [0.4, 0.5) is 5.82 Å². The van der Waals surface area contributed by atoms with Crippen LogP contribution in [0.1, 0.15) is 0 Å². The highest BCUT2D eigenvalue weighted by molar-refractivity contribution is 7.90. The highest BCUT2D eigenvalue weighted by Gasteiger charge is 2.16. The topological polar surface area (TPSA) is 50.3 Å². The van der Waals surface area contributed by atoms with Crippen LogP contribution in [-0.2, 0) is 9.84 Å². The SMILES string of the molecule is CN(CCCl)c1ncccc1S(C)(=O)=O. The first-order valence-corrected chi connectivity index (χ1v) is 6.81. The van der Waals surface area contributed by atoms with Gasteiger partial charge in [-0.05, 0) is 12.1 Å². The average Bonchev–Trinajstić information content (AvgIpc) is 2.17. The second-order valence-corrected chi connectivity index (χ2v) is 5.57. The van der Waals surface area contributed by atoms with E-state index in [1.165, 1.54) is 6.26 Å². The molecule has 0 radical (unpaired) electrons. The quantitative estimate of drug-likeness (QED) is 0.751. The van der Waals surface area contributed by atoms with E-state index >= 15 is 0 Å². The van der Waals surface area contributed by atoms with Gasteiger partial charge in [0.05, 0.1) is 0 Å². The van der Waals surface area contributed by atoms with Gasteiger partial charge in [0, 0.05) is 31.9 Å². The molecule has 1 aromatic heterocycles. The third kappa shape index (κ3) is 3.07. The third-order valence-corrected chi connectivity index (χ3v) is 3.22. The van der Waals surface area contributed by atoms with Crippen molar-refractivity contribution in [2.24, 2.45) is 0 Å². The van der Waals surface area contributed by atoms with Crippen LogP contribution in [0.15, 0.2) is 23.2 Å². The van der Waals surface area contributed by atoms with Gasteiger partial charge in [-0.3, -0.25) is 0 Å². The van der Waals surface area contributed by atoms with Crippen LogP contribution in [0, 0.1) is 0 Å². The summed E-state index contributed by atoms with van der Waals surface area (Å²) in [6.45, 7) is 0.557. The Morgan fingerprint density at radius 3 is 2.73 bits per heavy atom. The lowest BCUT2D eigenvalue weighted by molar-refractivity contribution is 0.601. The summed E-state index contributed by atoms with van der Waals surface area (Å²) < 4.78 is 22.9. The minimum Gasteiger partial charge on any atom is -0.357 e. The van der Waals surface area contributed by atoms with E-state index in [0.717, 1.165) is 0 Å². The molecule has 0 aliphatic rings. The summed E-state index contributed by atoms with van der Waals surface area (Å²) in [5, 5.41) is 0. The van der Waals surface area contributed by atoms with Crippen molar-refractivity contribution in [1.29, 1.82) is 0 Å². The predicted molar refractivity (Wildman–Crippen MR) is 61.3 cm³/mol. The number of sulfone groups is 1. The van der Waals surface area contributed by atoms with Crippen molar-refractivity contribution < 1.29 is 8.42 Å². The fourth-order valence-electron chi connectivity index (χ4n) is 1.19. The van der Waals surface area contributed by atoms with Gasteiger partial charge in [-0.2, -0.15) is 0 Å². The van der Waals surface area contributed by atoms with E-state index in [9.17, 15) is 8.42 Å². The van der Waals surface area contributed by atoms with Crippen molar-refractivity contribution in [3.8, 4) is 0 Å². The Hall–Kier alpha value is -0.810. The Kier molecular flexibility index (Phi) is 3.93. The lowest BCUT2D eigenvalue weighted by atomic mass is 10.4. The number of aromatic nitrogens is 1. The number of hydrogen-bond acceptors (Lipinski definition) is 4. The van der Waals surface area contributed by atoms with Crippen molar-refractivity contribution in [2.75, 3.05) is 30.6 Å². The summed E-state index contributed by atoms with van der Waals surface area (Å²) in [5.74, 6) is 0.872. The summed E-state index contributed by atoms with van der Waals surface area (Å²) in [6, 6.07) is 3.15. The number of rotatable bonds is 4. The highest BCUT2D eigenvalue weighted by atomic mass is 35.5. The Bertz CT molecular complexity index is 433. The van der Waals surface area contributed by atoms with Gasteiger partial charge in [-0.25, -0.2) is 13.4 Å². The molecule has 0 fully saturated rings. The maximum atomic E-state index is 11.5. The molecule has 0 aliphatic heterocycles. The summed E-state index contributed by atoms with van der Waals surface area (Å²) in [5.41, 5.74) is 0. The number of alkyl halides is 1. The molecular formula is C9H13ClN2O2S. The normalized spacial score (nSPS) is 11.4. The molecule has 0 aromatic carbocycles. The molecule has 0 saturated carbocycles. The molecule has 84 valence electrons. The van der Waals surface area contributed by atoms with Gasteiger partial charge in [0.25, 0.3) is 0 Å². The van der Waals surface area contributed by atoms with Crippen LogP contribution in [0.5, 0.6) is 0 Å². The molecule has 0 bridgehead atoms. The van der Waals surface area contributed by atoms with Gasteiger partial charge in [-0.15, -0.1) is 11.6 Å². The molecule has 1 heterocycles. The van der Waals surface area contributed by atoms with Gasteiger partial charge in [0.15, 0.2) is 9.84 Å². The molecule has 1 aromatic rings. The molecule has 0 aliphatic carbocycles. The minimum atomic E-state index is -3.24. The zero-order valence-electron chi connectivity index (χ0n) is 8.64. The number of halogens is 1. The Morgan fingerprint density at radius 2 is 2.20 bits per heavy atom. The largest absolute Gasteiger partial charge is 0.357 e. The van der Waals surface area contributed by atoms with E-state index in [4.69, 9.17) is 11.6 Å². The molecule has 4 nitrogen and oxygen atoms in total. The first-order chi connectivity index (χ1) is 6.96. The van der Waals surface area contributed by atoms with Gasteiger partial charge >= 0.3 is 0 Å². The van der Waals surface area contributed by atoms with Crippen LogP contribution in [-0.4, -0.2) is 39.1 Å². The second kappa shape index (κ2) is 4.81. The van der Waals surface area contributed by atoms with E-state index < -0.39 is 9.84 Å². The summed E-state index contributed by atoms with van der Waals surface area (Å²) in [7, 11) is -1.48. The van der Waals surface area contributed by atoms with E-state index in [0.29, 0.717) is 18.2 Å². The molecule has 0 amide bonds. The maximum Gasteiger partial charge on any atom is 0.179 e. The van der Waals surface area contributed by atoms with Gasteiger partial charge in [0.1, 0.15) is 10.7 Å². The van der Waals surface area contributed by atoms with Gasteiger partial charge in [-0.1, -0.05) is 0 Å². The van der Waals surface area contributed by atoms with E-state index in [1.807, 2.05) is 0 Å². The number of nitrogens with zero attached hydrogens (tertiary/aromatic N) is 2. The van der Waals surface area contributed by atoms with Crippen LogP contribution in [0.2, 0.25) is 0 Å². The van der Waals surface area contributed by atoms with E-state index in [1.54, 1.807) is 30.3 Å². The first kappa shape index (κ1) is 12.3. The Balaban J connectivity index is 3.18. The number of anilines is 1. The van der Waals surface area contributed by atoms with Crippen molar-refractivity contribution in [2.45, 2.75) is 4.90 Å². The maximum absolute atomic E-state index is 11.5. The zero-order valence-corrected chi connectivity index (χ0v) is 10.2. The molecule has 0 unspecified atom stereocenters. The molecule has 0 atom stereocenters. The fourth-order valence-corrected chi connectivity index (χ4v) is 2.31. The average molecular weight is 249 g/mol. The van der Waals surface area contributed by atoms with Crippen molar-refractivity contribution in [3.63, 3.8) is 0 Å². The van der Waals surface area contributed by atoms with Crippen molar-refractivity contribution in [1.82, 2.24) is 4.98 Å².